The molecule has 7 aromatic carbocycles. The molecule has 7 rings (SSSR count). The van der Waals surface area contributed by atoms with Gasteiger partial charge in [-0.25, -0.2) is 9.49 Å². The second-order valence-electron chi connectivity index (χ2n) is 11.7. The minimum absolute atomic E-state index is 0.335. The van der Waals surface area contributed by atoms with E-state index in [0.29, 0.717) is 11.1 Å². The van der Waals surface area contributed by atoms with E-state index in [4.69, 9.17) is 9.49 Å². The summed E-state index contributed by atoms with van der Waals surface area (Å²) >= 11 is 0. The minimum Gasteiger partial charge on any atom is -0.267 e. The summed E-state index contributed by atoms with van der Waals surface area (Å²) in [6, 6.07) is 67.0. The summed E-state index contributed by atoms with van der Waals surface area (Å²) in [5.74, 6) is -0.778. The number of nitrogens with zero attached hydrogens (tertiary/aromatic N) is 2. The van der Waals surface area contributed by atoms with E-state index in [1.54, 1.807) is 24.3 Å². The monoisotopic (exact) mass is 684 g/mol. The highest BCUT2D eigenvalue weighted by atomic mass is 31.2. The SMILES string of the molecule is O=C(N=P(c1ccccc1)(c1ccccc1)c1ccccc1)c1cccc(C(=O)N=P(c2ccccc2)(c2ccccc2)c2ccccc2)c1. The van der Waals surface area contributed by atoms with Crippen molar-refractivity contribution >= 4 is 57.8 Å². The average molecular weight is 685 g/mol. The Morgan fingerprint density at radius 1 is 0.300 bits per heavy atom. The zero-order chi connectivity index (χ0) is 34.2. The van der Waals surface area contributed by atoms with Gasteiger partial charge in [-0.15, -0.1) is 0 Å². The lowest BCUT2D eigenvalue weighted by Crippen LogP contribution is -2.26. The highest BCUT2D eigenvalue weighted by Gasteiger charge is 2.31. The molecule has 2 amide bonds. The number of rotatable bonds is 8. The van der Waals surface area contributed by atoms with E-state index in [0.717, 1.165) is 31.8 Å². The van der Waals surface area contributed by atoms with E-state index >= 15 is 0 Å². The number of hydrogen-bond donors (Lipinski definition) is 0. The predicted molar refractivity (Wildman–Crippen MR) is 210 cm³/mol. The number of hydrogen-bond acceptors (Lipinski definition) is 2. The van der Waals surface area contributed by atoms with Gasteiger partial charge in [0.15, 0.2) is 0 Å². The van der Waals surface area contributed by atoms with E-state index in [9.17, 15) is 9.59 Å². The van der Waals surface area contributed by atoms with E-state index in [1.807, 2.05) is 182 Å². The molecule has 0 unspecified atom stereocenters. The van der Waals surface area contributed by atoms with Gasteiger partial charge in [-0.3, -0.25) is 9.59 Å². The van der Waals surface area contributed by atoms with Crippen LogP contribution in [0.4, 0.5) is 0 Å². The van der Waals surface area contributed by atoms with Gasteiger partial charge in [-0.1, -0.05) is 188 Å². The van der Waals surface area contributed by atoms with Crippen LogP contribution in [0.5, 0.6) is 0 Å². The fourth-order valence-corrected chi connectivity index (χ4v) is 13.2. The summed E-state index contributed by atoms with van der Waals surface area (Å²) in [5.41, 5.74) is 0.669. The molecule has 0 radical (unpaired) electrons. The van der Waals surface area contributed by atoms with Crippen molar-refractivity contribution in [3.63, 3.8) is 0 Å². The Hall–Kier alpha value is -5.66. The van der Waals surface area contributed by atoms with E-state index < -0.39 is 14.1 Å². The Balaban J connectivity index is 1.41. The Labute approximate surface area is 293 Å². The van der Waals surface area contributed by atoms with Crippen LogP contribution in [0.3, 0.4) is 0 Å². The zero-order valence-electron chi connectivity index (χ0n) is 27.2. The molecular weight excluding hydrogens is 650 g/mol. The fraction of sp³-hybridized carbons (Fsp3) is 0. The first-order chi connectivity index (χ1) is 24.6. The lowest BCUT2D eigenvalue weighted by atomic mass is 10.1. The Bertz CT molecular complexity index is 1980. The van der Waals surface area contributed by atoms with Crippen LogP contribution >= 0.6 is 14.1 Å². The first-order valence-electron chi connectivity index (χ1n) is 16.4. The topological polar surface area (TPSA) is 58.9 Å². The van der Waals surface area contributed by atoms with Gasteiger partial charge < -0.3 is 0 Å². The molecule has 50 heavy (non-hydrogen) atoms. The van der Waals surface area contributed by atoms with Gasteiger partial charge in [0.05, 0.1) is 14.1 Å². The largest absolute Gasteiger partial charge is 0.276 e. The Morgan fingerprint density at radius 3 is 0.740 bits per heavy atom. The summed E-state index contributed by atoms with van der Waals surface area (Å²) in [7, 11) is -5.59. The van der Waals surface area contributed by atoms with Crippen LogP contribution in [0.15, 0.2) is 216 Å². The Morgan fingerprint density at radius 2 is 0.520 bits per heavy atom. The van der Waals surface area contributed by atoms with Crippen molar-refractivity contribution in [1.29, 1.82) is 0 Å². The van der Waals surface area contributed by atoms with E-state index in [1.165, 1.54) is 0 Å². The van der Waals surface area contributed by atoms with Gasteiger partial charge in [0, 0.05) is 43.0 Å². The van der Waals surface area contributed by atoms with Crippen molar-refractivity contribution in [2.24, 2.45) is 9.49 Å². The lowest BCUT2D eigenvalue weighted by Gasteiger charge is -2.26. The first kappa shape index (κ1) is 32.9. The maximum Gasteiger partial charge on any atom is 0.276 e. The summed E-state index contributed by atoms with van der Waals surface area (Å²) in [4.78, 5) is 28.9. The smallest absolute Gasteiger partial charge is 0.267 e. The highest BCUT2D eigenvalue weighted by molar-refractivity contribution is 7.88. The molecule has 0 atom stereocenters. The van der Waals surface area contributed by atoms with Crippen molar-refractivity contribution in [2.75, 3.05) is 0 Å². The van der Waals surface area contributed by atoms with Crippen LogP contribution < -0.4 is 31.8 Å². The second-order valence-corrected chi connectivity index (χ2v) is 17.7. The van der Waals surface area contributed by atoms with Crippen molar-refractivity contribution in [1.82, 2.24) is 0 Å². The highest BCUT2D eigenvalue weighted by Crippen LogP contribution is 2.48. The van der Waals surface area contributed by atoms with Gasteiger partial charge in [-0.05, 0) is 18.2 Å². The Kier molecular flexibility index (Phi) is 9.76. The maximum atomic E-state index is 14.4. The molecular formula is C44H34N2O2P2. The van der Waals surface area contributed by atoms with Gasteiger partial charge in [0.2, 0.25) is 0 Å². The minimum atomic E-state index is -2.79. The standard InChI is InChI=1S/C44H34N2O2P2/c47-43(45-49(37-22-7-1-8-23-37,38-24-9-2-10-25-38)39-26-11-3-12-27-39)35-20-19-21-36(34-35)44(48)46-50(40-28-13-4-14-29-40,41-30-15-5-16-31-41)42-32-17-6-18-33-42/h1-34H. The van der Waals surface area contributed by atoms with Crippen molar-refractivity contribution in [3.8, 4) is 0 Å². The van der Waals surface area contributed by atoms with Gasteiger partial charge in [-0.2, -0.15) is 0 Å². The molecule has 0 spiro atoms. The molecule has 4 nitrogen and oxygen atoms in total. The molecule has 0 aromatic heterocycles. The van der Waals surface area contributed by atoms with Crippen LogP contribution in [0, 0.1) is 0 Å². The predicted octanol–water partition coefficient (Wildman–Crippen LogP) is 8.32. The zero-order valence-corrected chi connectivity index (χ0v) is 29.0. The van der Waals surface area contributed by atoms with Crippen LogP contribution in [0.1, 0.15) is 20.7 Å². The van der Waals surface area contributed by atoms with E-state index in [2.05, 4.69) is 0 Å². The van der Waals surface area contributed by atoms with Gasteiger partial charge >= 0.3 is 0 Å². The molecule has 242 valence electrons. The number of benzene rings is 7. The first-order valence-corrected chi connectivity index (χ1v) is 19.9. The van der Waals surface area contributed by atoms with Crippen LogP contribution in [0.2, 0.25) is 0 Å². The number of carbonyl (C=O) groups is 2. The average Bonchev–Trinajstić information content (AvgIpc) is 3.21. The van der Waals surface area contributed by atoms with Crippen molar-refractivity contribution < 1.29 is 9.59 Å². The number of amides is 2. The molecule has 0 N–H and O–H groups in total. The molecule has 0 saturated heterocycles. The lowest BCUT2D eigenvalue weighted by molar-refractivity contribution is 0.100. The van der Waals surface area contributed by atoms with Crippen LogP contribution in [-0.4, -0.2) is 11.8 Å². The summed E-state index contributed by atoms with van der Waals surface area (Å²) in [6.07, 6.45) is 0. The summed E-state index contributed by atoms with van der Waals surface area (Å²) in [5, 5.41) is 5.81. The molecule has 0 aliphatic rings. The molecule has 0 heterocycles. The van der Waals surface area contributed by atoms with Gasteiger partial charge in [0.25, 0.3) is 11.8 Å². The third-order valence-electron chi connectivity index (χ3n) is 8.62. The second kappa shape index (κ2) is 14.8. The molecule has 0 aliphatic heterocycles. The van der Waals surface area contributed by atoms with Crippen LogP contribution in [-0.2, 0) is 0 Å². The normalized spacial score (nSPS) is 11.4. The maximum absolute atomic E-state index is 14.4. The fourth-order valence-electron chi connectivity index (χ4n) is 6.28. The third kappa shape index (κ3) is 6.40. The third-order valence-corrected chi connectivity index (χ3v) is 15.9. The molecule has 0 aliphatic carbocycles. The van der Waals surface area contributed by atoms with E-state index in [-0.39, 0.29) is 11.8 Å². The molecule has 6 heteroatoms. The summed E-state index contributed by atoms with van der Waals surface area (Å²) < 4.78 is 10.3. The molecule has 0 fully saturated rings. The van der Waals surface area contributed by atoms with Gasteiger partial charge in [0.1, 0.15) is 0 Å². The van der Waals surface area contributed by atoms with Crippen molar-refractivity contribution in [3.05, 3.63) is 217 Å². The van der Waals surface area contributed by atoms with Crippen LogP contribution in [0.25, 0.3) is 0 Å². The van der Waals surface area contributed by atoms with Crippen molar-refractivity contribution in [2.45, 2.75) is 0 Å². The molecule has 0 saturated carbocycles. The summed E-state index contributed by atoms with van der Waals surface area (Å²) in [6.45, 7) is 0. The number of carbonyl (C=O) groups excluding carboxylic acids is 2. The molecule has 7 aromatic rings. The quantitative estimate of drug-likeness (QED) is 0.151. The molecule has 0 bridgehead atoms.